The molecule has 0 aliphatic heterocycles. The highest BCUT2D eigenvalue weighted by Crippen LogP contribution is 2.28. The van der Waals surface area contributed by atoms with Crippen molar-refractivity contribution in [2.45, 2.75) is 45.8 Å². The van der Waals surface area contributed by atoms with Crippen LogP contribution in [0.25, 0.3) is 11.2 Å². The number of halogens is 1. The van der Waals surface area contributed by atoms with Crippen molar-refractivity contribution in [3.63, 3.8) is 0 Å². The van der Waals surface area contributed by atoms with E-state index in [9.17, 15) is 5.11 Å². The van der Waals surface area contributed by atoms with E-state index in [1.54, 1.807) is 0 Å². The van der Waals surface area contributed by atoms with Gasteiger partial charge in [0.15, 0.2) is 17.0 Å². The van der Waals surface area contributed by atoms with E-state index in [1.165, 1.54) is 0 Å². The van der Waals surface area contributed by atoms with Crippen LogP contribution in [0.3, 0.4) is 0 Å². The molecule has 144 valence electrons. The Kier molecular flexibility index (Phi) is 6.13. The number of nitrogens with one attached hydrogen (secondary N) is 2. The molecule has 0 amide bonds. The lowest BCUT2D eigenvalue weighted by atomic mass is 10.2. The molecular weight excluding hydrogens is 364 g/mol. The van der Waals surface area contributed by atoms with Gasteiger partial charge in [-0.25, -0.2) is 4.98 Å². The van der Waals surface area contributed by atoms with Crippen molar-refractivity contribution >= 4 is 34.5 Å². The number of rotatable bonds is 8. The van der Waals surface area contributed by atoms with Crippen LogP contribution in [0.1, 0.15) is 38.8 Å². The molecule has 1 atom stereocenters. The first-order chi connectivity index (χ1) is 13.0. The fourth-order valence-corrected chi connectivity index (χ4v) is 3.19. The molecule has 0 fully saturated rings. The third-order valence-electron chi connectivity index (χ3n) is 4.36. The molecule has 0 radical (unpaired) electrons. The molecule has 3 rings (SSSR count). The lowest BCUT2D eigenvalue weighted by Gasteiger charge is -2.16. The molecule has 0 aliphatic rings. The minimum atomic E-state index is -0.115. The molecule has 8 heteroatoms. The Morgan fingerprint density at radius 1 is 1.15 bits per heavy atom. The molecule has 1 aromatic carbocycles. The number of aliphatic hydroxyl groups excluding tert-OH is 1. The number of hydrogen-bond acceptors (Lipinski definition) is 6. The minimum absolute atomic E-state index is 0.00880. The zero-order valence-corrected chi connectivity index (χ0v) is 16.5. The third kappa shape index (κ3) is 4.31. The summed E-state index contributed by atoms with van der Waals surface area (Å²) in [4.78, 5) is 13.7. The summed E-state index contributed by atoms with van der Waals surface area (Å²) in [7, 11) is 0. The molecule has 3 aromatic rings. The zero-order valence-electron chi connectivity index (χ0n) is 15.8. The average Bonchev–Trinajstić information content (AvgIpc) is 3.01. The highest BCUT2D eigenvalue weighted by molar-refractivity contribution is 6.29. The lowest BCUT2D eigenvalue weighted by Crippen LogP contribution is -2.24. The first-order valence-corrected chi connectivity index (χ1v) is 9.51. The van der Waals surface area contributed by atoms with Gasteiger partial charge in [0.2, 0.25) is 11.2 Å². The van der Waals surface area contributed by atoms with Crippen LogP contribution in [0.4, 0.5) is 11.8 Å². The molecule has 0 bridgehead atoms. The van der Waals surface area contributed by atoms with Crippen LogP contribution in [-0.2, 0) is 6.54 Å². The van der Waals surface area contributed by atoms with E-state index >= 15 is 0 Å². The number of benzene rings is 1. The summed E-state index contributed by atoms with van der Waals surface area (Å²) in [6, 6.07) is 10.1. The fourth-order valence-electron chi connectivity index (χ4n) is 2.83. The first-order valence-electron chi connectivity index (χ1n) is 9.14. The van der Waals surface area contributed by atoms with Gasteiger partial charge in [-0.05, 0) is 37.4 Å². The summed E-state index contributed by atoms with van der Waals surface area (Å²) in [5, 5.41) is 16.4. The van der Waals surface area contributed by atoms with E-state index in [0.717, 1.165) is 12.0 Å². The maximum absolute atomic E-state index is 9.50. The van der Waals surface area contributed by atoms with Crippen LogP contribution in [0, 0.1) is 0 Å². The topological polar surface area (TPSA) is 87.9 Å². The number of imidazole rings is 1. The second kappa shape index (κ2) is 8.54. The Labute approximate surface area is 163 Å². The third-order valence-corrected chi connectivity index (χ3v) is 4.63. The molecular formula is C19H25ClN6O. The highest BCUT2D eigenvalue weighted by Gasteiger charge is 2.19. The van der Waals surface area contributed by atoms with Gasteiger partial charge in [0.25, 0.3) is 0 Å². The second-order valence-electron chi connectivity index (χ2n) is 6.68. The van der Waals surface area contributed by atoms with Crippen molar-refractivity contribution in [1.29, 1.82) is 0 Å². The molecule has 2 aromatic heterocycles. The van der Waals surface area contributed by atoms with Crippen LogP contribution in [0.5, 0.6) is 0 Å². The van der Waals surface area contributed by atoms with Gasteiger partial charge in [0.05, 0.1) is 12.6 Å². The zero-order chi connectivity index (χ0) is 19.4. The van der Waals surface area contributed by atoms with Gasteiger partial charge in [-0.3, -0.25) is 4.57 Å². The Balaban J connectivity index is 2.02. The molecule has 0 aliphatic carbocycles. The number of fused-ring (bicyclic) bond motifs is 1. The van der Waals surface area contributed by atoms with Gasteiger partial charge in [0, 0.05) is 12.6 Å². The predicted octanol–water partition coefficient (Wildman–Crippen LogP) is 3.86. The van der Waals surface area contributed by atoms with Gasteiger partial charge in [-0.2, -0.15) is 9.97 Å². The first kappa shape index (κ1) is 19.4. The maximum Gasteiger partial charge on any atom is 0.227 e. The molecule has 0 saturated carbocycles. The van der Waals surface area contributed by atoms with Crippen molar-refractivity contribution in [3.8, 4) is 0 Å². The summed E-state index contributed by atoms with van der Waals surface area (Å²) >= 11 is 6.36. The van der Waals surface area contributed by atoms with E-state index in [2.05, 4.69) is 25.6 Å². The summed E-state index contributed by atoms with van der Waals surface area (Å²) < 4.78 is 1.87. The van der Waals surface area contributed by atoms with Crippen LogP contribution in [0.2, 0.25) is 5.28 Å². The maximum atomic E-state index is 9.50. The number of aromatic nitrogens is 4. The van der Waals surface area contributed by atoms with Gasteiger partial charge in [0.1, 0.15) is 0 Å². The molecule has 7 nitrogen and oxygen atoms in total. The Hall–Kier alpha value is -2.38. The van der Waals surface area contributed by atoms with E-state index in [1.807, 2.05) is 55.7 Å². The van der Waals surface area contributed by atoms with Crippen LogP contribution in [0.15, 0.2) is 30.3 Å². The van der Waals surface area contributed by atoms with Gasteiger partial charge >= 0.3 is 0 Å². The van der Waals surface area contributed by atoms with E-state index in [-0.39, 0.29) is 18.7 Å². The lowest BCUT2D eigenvalue weighted by molar-refractivity contribution is 0.271. The average molecular weight is 389 g/mol. The molecule has 3 N–H and O–H groups in total. The van der Waals surface area contributed by atoms with Crippen LogP contribution >= 0.6 is 11.6 Å². The van der Waals surface area contributed by atoms with Gasteiger partial charge < -0.3 is 15.7 Å². The van der Waals surface area contributed by atoms with Crippen LogP contribution < -0.4 is 10.6 Å². The van der Waals surface area contributed by atoms with Crippen molar-refractivity contribution < 1.29 is 5.11 Å². The smallest absolute Gasteiger partial charge is 0.227 e. The second-order valence-corrected chi connectivity index (χ2v) is 7.02. The largest absolute Gasteiger partial charge is 0.394 e. The van der Waals surface area contributed by atoms with E-state index in [4.69, 9.17) is 11.6 Å². The normalized spacial score (nSPS) is 12.5. The SMILES string of the molecule is CCC(CO)Nc1nc(NCc2ccccc2)c2nc(Cl)n(C(C)C)c2n1. The Bertz CT molecular complexity index is 892. The number of anilines is 2. The van der Waals surface area contributed by atoms with E-state index < -0.39 is 0 Å². The van der Waals surface area contributed by atoms with Crippen molar-refractivity contribution in [2.24, 2.45) is 0 Å². The molecule has 27 heavy (non-hydrogen) atoms. The number of hydrogen-bond donors (Lipinski definition) is 3. The summed E-state index contributed by atoms with van der Waals surface area (Å²) in [6.45, 7) is 6.67. The highest BCUT2D eigenvalue weighted by atomic mass is 35.5. The quantitative estimate of drug-likeness (QED) is 0.508. The van der Waals surface area contributed by atoms with Crippen molar-refractivity contribution in [3.05, 3.63) is 41.2 Å². The monoisotopic (exact) mass is 388 g/mol. The summed E-state index contributed by atoms with van der Waals surface area (Å²) in [6.07, 6.45) is 0.759. The molecule has 2 heterocycles. The van der Waals surface area contributed by atoms with E-state index in [0.29, 0.717) is 34.8 Å². The molecule has 0 spiro atoms. The number of nitrogens with zero attached hydrogens (tertiary/aromatic N) is 4. The fraction of sp³-hybridized carbons (Fsp3) is 0.421. The standard InChI is InChI=1S/C19H25ClN6O/c1-4-14(11-27)22-19-24-16(21-10-13-8-6-5-7-9-13)15-17(25-19)26(12(2)3)18(20)23-15/h5-9,12,14,27H,4,10-11H2,1-3H3,(H2,21,22,24,25). The summed E-state index contributed by atoms with van der Waals surface area (Å²) in [5.41, 5.74) is 2.43. The molecule has 1 unspecified atom stereocenters. The van der Waals surface area contributed by atoms with Crippen molar-refractivity contribution in [1.82, 2.24) is 19.5 Å². The Morgan fingerprint density at radius 2 is 1.89 bits per heavy atom. The van der Waals surface area contributed by atoms with Gasteiger partial charge in [-0.1, -0.05) is 37.3 Å². The summed E-state index contributed by atoms with van der Waals surface area (Å²) in [5.74, 6) is 1.05. The van der Waals surface area contributed by atoms with Crippen LogP contribution in [-0.4, -0.2) is 37.3 Å². The Morgan fingerprint density at radius 3 is 2.52 bits per heavy atom. The van der Waals surface area contributed by atoms with Gasteiger partial charge in [-0.15, -0.1) is 0 Å². The molecule has 0 saturated heterocycles. The predicted molar refractivity (Wildman–Crippen MR) is 109 cm³/mol. The number of aliphatic hydroxyl groups is 1. The van der Waals surface area contributed by atoms with Crippen molar-refractivity contribution in [2.75, 3.05) is 17.2 Å². The minimum Gasteiger partial charge on any atom is -0.394 e.